The van der Waals surface area contributed by atoms with Gasteiger partial charge in [-0.2, -0.15) is 0 Å². The van der Waals surface area contributed by atoms with Crippen molar-refractivity contribution in [1.29, 1.82) is 0 Å². The van der Waals surface area contributed by atoms with Gasteiger partial charge in [-0.15, -0.1) is 0 Å². The van der Waals surface area contributed by atoms with Gasteiger partial charge in [0, 0.05) is 42.2 Å². The molecule has 40 heavy (non-hydrogen) atoms. The van der Waals surface area contributed by atoms with Gasteiger partial charge in [-0.1, -0.05) is 70.2 Å². The SMILES string of the molecule is CCCCCCNC1=CC=C(NCCCCCCOC(=O)CCNCCCC)C2C(=O)c3ccccc3C(=O)C12. The molecule has 7 heteroatoms. The molecular weight excluding hydrogens is 502 g/mol. The van der Waals surface area contributed by atoms with Crippen LogP contribution in [-0.2, 0) is 9.53 Å². The van der Waals surface area contributed by atoms with Gasteiger partial charge in [0.05, 0.1) is 24.9 Å². The Morgan fingerprint density at radius 2 is 1.25 bits per heavy atom. The maximum absolute atomic E-state index is 13.6. The van der Waals surface area contributed by atoms with Gasteiger partial charge in [0.2, 0.25) is 0 Å². The highest BCUT2D eigenvalue weighted by atomic mass is 16.5. The molecule has 2 unspecified atom stereocenters. The molecule has 0 radical (unpaired) electrons. The molecule has 0 saturated carbocycles. The molecule has 2 aliphatic rings. The molecule has 0 spiro atoms. The molecule has 7 nitrogen and oxygen atoms in total. The number of rotatable bonds is 20. The Bertz CT molecular complexity index is 1030. The minimum Gasteiger partial charge on any atom is -0.466 e. The van der Waals surface area contributed by atoms with E-state index in [2.05, 4.69) is 29.8 Å². The van der Waals surface area contributed by atoms with Crippen molar-refractivity contribution < 1.29 is 19.1 Å². The van der Waals surface area contributed by atoms with Crippen LogP contribution in [0.1, 0.15) is 105 Å². The zero-order valence-electron chi connectivity index (χ0n) is 24.6. The fourth-order valence-corrected chi connectivity index (χ4v) is 5.39. The zero-order chi connectivity index (χ0) is 28.6. The number of nitrogens with one attached hydrogen (secondary N) is 3. The Morgan fingerprint density at radius 3 is 1.82 bits per heavy atom. The predicted molar refractivity (Wildman–Crippen MR) is 160 cm³/mol. The van der Waals surface area contributed by atoms with Crippen LogP contribution in [0.5, 0.6) is 0 Å². The van der Waals surface area contributed by atoms with E-state index < -0.39 is 11.8 Å². The van der Waals surface area contributed by atoms with Crippen molar-refractivity contribution in [2.75, 3.05) is 32.8 Å². The van der Waals surface area contributed by atoms with Crippen LogP contribution in [0.15, 0.2) is 47.8 Å². The summed E-state index contributed by atoms with van der Waals surface area (Å²) in [5.74, 6) is -1.12. The minimum absolute atomic E-state index is 0.0136. The number of ketones is 2. The number of unbranched alkanes of at least 4 members (excludes halogenated alkanes) is 7. The molecular formula is C33H49N3O4. The van der Waals surface area contributed by atoms with E-state index in [1.54, 1.807) is 12.1 Å². The van der Waals surface area contributed by atoms with Crippen LogP contribution >= 0.6 is 0 Å². The van der Waals surface area contributed by atoms with Crippen molar-refractivity contribution in [2.24, 2.45) is 11.8 Å². The minimum atomic E-state index is -0.513. The fraction of sp³-hybridized carbons (Fsp3) is 0.606. The van der Waals surface area contributed by atoms with Gasteiger partial charge in [-0.05, 0) is 50.8 Å². The molecule has 2 atom stereocenters. The van der Waals surface area contributed by atoms with Crippen molar-refractivity contribution in [3.05, 3.63) is 58.9 Å². The smallest absolute Gasteiger partial charge is 0.307 e. The summed E-state index contributed by atoms with van der Waals surface area (Å²) in [5.41, 5.74) is 2.74. The maximum Gasteiger partial charge on any atom is 0.307 e. The van der Waals surface area contributed by atoms with Crippen LogP contribution in [0, 0.1) is 11.8 Å². The Hall–Kier alpha value is -2.93. The summed E-state index contributed by atoms with van der Waals surface area (Å²) >= 11 is 0. The molecule has 0 bridgehead atoms. The summed E-state index contributed by atoms with van der Waals surface area (Å²) in [5, 5.41) is 10.2. The number of Topliss-reactive ketones (excluding diaryl/α,β-unsaturated/α-hetero) is 2. The summed E-state index contributed by atoms with van der Waals surface area (Å²) in [4.78, 5) is 39.0. The number of hydrogen-bond acceptors (Lipinski definition) is 7. The first-order chi connectivity index (χ1) is 19.6. The molecule has 3 rings (SSSR count). The molecule has 220 valence electrons. The largest absolute Gasteiger partial charge is 0.466 e. The van der Waals surface area contributed by atoms with E-state index in [1.807, 2.05) is 24.3 Å². The third-order valence-electron chi connectivity index (χ3n) is 7.70. The quantitative estimate of drug-likeness (QED) is 0.141. The summed E-state index contributed by atoms with van der Waals surface area (Å²) in [7, 11) is 0. The van der Waals surface area contributed by atoms with E-state index >= 15 is 0 Å². The molecule has 0 fully saturated rings. The number of ether oxygens (including phenoxy) is 1. The highest BCUT2D eigenvalue weighted by Crippen LogP contribution is 2.39. The third-order valence-corrected chi connectivity index (χ3v) is 7.70. The van der Waals surface area contributed by atoms with Crippen LogP contribution in [0.2, 0.25) is 0 Å². The van der Waals surface area contributed by atoms with Gasteiger partial charge in [-0.3, -0.25) is 14.4 Å². The molecule has 1 aromatic carbocycles. The van der Waals surface area contributed by atoms with Crippen molar-refractivity contribution in [2.45, 2.75) is 84.5 Å². The first-order valence-corrected chi connectivity index (χ1v) is 15.5. The van der Waals surface area contributed by atoms with Crippen LogP contribution < -0.4 is 16.0 Å². The first kappa shape index (κ1) is 31.6. The van der Waals surface area contributed by atoms with Gasteiger partial charge in [0.25, 0.3) is 0 Å². The van der Waals surface area contributed by atoms with Gasteiger partial charge >= 0.3 is 5.97 Å². The average molecular weight is 552 g/mol. The summed E-state index contributed by atoms with van der Waals surface area (Å²) in [6.45, 7) is 7.96. The first-order valence-electron chi connectivity index (χ1n) is 15.5. The molecule has 0 aliphatic heterocycles. The Balaban J connectivity index is 1.45. The van der Waals surface area contributed by atoms with Gasteiger partial charge in [0.15, 0.2) is 11.6 Å². The number of allylic oxidation sites excluding steroid dienone is 4. The van der Waals surface area contributed by atoms with E-state index in [1.165, 1.54) is 12.8 Å². The Labute approximate surface area is 240 Å². The number of carbonyl (C=O) groups is 3. The molecule has 1 aromatic rings. The highest BCUT2D eigenvalue weighted by molar-refractivity contribution is 6.18. The van der Waals surface area contributed by atoms with Crippen molar-refractivity contribution in [3.63, 3.8) is 0 Å². The number of benzene rings is 1. The van der Waals surface area contributed by atoms with E-state index in [0.717, 1.165) is 82.4 Å². The average Bonchev–Trinajstić information content (AvgIpc) is 2.97. The van der Waals surface area contributed by atoms with Crippen LogP contribution in [-0.4, -0.2) is 50.3 Å². The lowest BCUT2D eigenvalue weighted by Crippen LogP contribution is -2.45. The highest BCUT2D eigenvalue weighted by Gasteiger charge is 2.46. The summed E-state index contributed by atoms with van der Waals surface area (Å²) < 4.78 is 5.33. The molecule has 0 saturated heterocycles. The van der Waals surface area contributed by atoms with Gasteiger partial charge in [-0.25, -0.2) is 0 Å². The molecule has 0 heterocycles. The second-order valence-electron chi connectivity index (χ2n) is 10.9. The molecule has 0 amide bonds. The van der Waals surface area contributed by atoms with E-state index in [-0.39, 0.29) is 17.5 Å². The zero-order valence-corrected chi connectivity index (χ0v) is 24.6. The lowest BCUT2D eigenvalue weighted by Gasteiger charge is -2.36. The van der Waals surface area contributed by atoms with Gasteiger partial charge in [0.1, 0.15) is 0 Å². The van der Waals surface area contributed by atoms with E-state index in [4.69, 9.17) is 4.74 Å². The second-order valence-corrected chi connectivity index (χ2v) is 10.9. The summed E-state index contributed by atoms with van der Waals surface area (Å²) in [6, 6.07) is 7.21. The third kappa shape index (κ3) is 9.33. The summed E-state index contributed by atoms with van der Waals surface area (Å²) in [6.07, 6.45) is 15.0. The predicted octanol–water partition coefficient (Wildman–Crippen LogP) is 5.72. The van der Waals surface area contributed by atoms with Gasteiger partial charge < -0.3 is 20.7 Å². The molecule has 3 N–H and O–H groups in total. The van der Waals surface area contributed by atoms with Crippen molar-refractivity contribution in [3.8, 4) is 0 Å². The number of esters is 1. The monoisotopic (exact) mass is 551 g/mol. The number of fused-ring (bicyclic) bond motifs is 2. The lowest BCUT2D eigenvalue weighted by atomic mass is 9.69. The number of carbonyl (C=O) groups excluding carboxylic acids is 3. The van der Waals surface area contributed by atoms with E-state index in [9.17, 15) is 14.4 Å². The topological polar surface area (TPSA) is 96.5 Å². The fourth-order valence-electron chi connectivity index (χ4n) is 5.39. The normalized spacial score (nSPS) is 17.9. The molecule has 0 aromatic heterocycles. The Morgan fingerprint density at radius 1 is 0.700 bits per heavy atom. The maximum atomic E-state index is 13.6. The van der Waals surface area contributed by atoms with E-state index in [0.29, 0.717) is 30.7 Å². The van der Waals surface area contributed by atoms with Crippen LogP contribution in [0.25, 0.3) is 0 Å². The Kier molecular flexibility index (Phi) is 14.0. The van der Waals surface area contributed by atoms with Crippen molar-refractivity contribution >= 4 is 17.5 Å². The number of hydrogen-bond donors (Lipinski definition) is 3. The molecule has 2 aliphatic carbocycles. The van der Waals surface area contributed by atoms with Crippen LogP contribution in [0.3, 0.4) is 0 Å². The van der Waals surface area contributed by atoms with Crippen LogP contribution in [0.4, 0.5) is 0 Å². The second kappa shape index (κ2) is 17.7. The standard InChI is InChI=1S/C33H49N3O4/c1-3-5-7-12-21-35-27-17-18-28(31-30(27)32(38)25-15-10-11-16-26(25)33(31)39)36-22-13-8-9-14-24-40-29(37)19-23-34-20-6-4-2/h10-11,15-18,30-31,34-36H,3-9,12-14,19-24H2,1-2H3. The van der Waals surface area contributed by atoms with Crippen molar-refractivity contribution in [1.82, 2.24) is 16.0 Å². The lowest BCUT2D eigenvalue weighted by molar-refractivity contribution is -0.143.